The van der Waals surface area contributed by atoms with E-state index in [0.29, 0.717) is 18.7 Å². The number of fused-ring (bicyclic) bond motifs is 2. The monoisotopic (exact) mass is 596 g/mol. The largest absolute Gasteiger partial charge is 0.494 e. The summed E-state index contributed by atoms with van der Waals surface area (Å²) in [5.74, 6) is 0.934. The number of carbonyl (C=O) groups excluding carboxylic acids is 1. The van der Waals surface area contributed by atoms with E-state index in [1.54, 1.807) is 0 Å². The fraction of sp³-hybridized carbons (Fsp3) is 0.444. The van der Waals surface area contributed by atoms with Crippen molar-refractivity contribution >= 4 is 34.2 Å². The van der Waals surface area contributed by atoms with E-state index in [1.807, 2.05) is 24.3 Å². The molecule has 2 aliphatic carbocycles. The smallest absolute Gasteiger partial charge is 0.241 e. The molecule has 1 saturated carbocycles. The van der Waals surface area contributed by atoms with Gasteiger partial charge in [-0.25, -0.2) is 0 Å². The van der Waals surface area contributed by atoms with Crippen molar-refractivity contribution in [2.24, 2.45) is 11.5 Å². The third-order valence-corrected chi connectivity index (χ3v) is 8.91. The molecule has 0 radical (unpaired) electrons. The van der Waals surface area contributed by atoms with Gasteiger partial charge in [0.25, 0.3) is 0 Å². The SMILES string of the molecule is CN(C)CCCOc1ccc2c(CNC(C(=O)NC3CCC(N)CC3)C3=c4ccc(C(=N)N)cc4=CCCC3)cccc2c1. The first-order valence-corrected chi connectivity index (χ1v) is 16.0. The normalized spacial score (nSPS) is 19.1. The quantitative estimate of drug-likeness (QED) is 0.124. The predicted octanol–water partition coefficient (Wildman–Crippen LogP) is 3.11. The van der Waals surface area contributed by atoms with Crippen LogP contribution in [0, 0.1) is 5.41 Å². The summed E-state index contributed by atoms with van der Waals surface area (Å²) >= 11 is 0. The maximum atomic E-state index is 14.1. The number of nitrogens with zero attached hydrogens (tertiary/aromatic N) is 1. The number of amidine groups is 1. The first-order chi connectivity index (χ1) is 21.3. The summed E-state index contributed by atoms with van der Waals surface area (Å²) in [7, 11) is 4.14. The average molecular weight is 597 g/mol. The Hall–Kier alpha value is -3.72. The molecule has 7 N–H and O–H groups in total. The number of carbonyl (C=O) groups is 1. The van der Waals surface area contributed by atoms with Crippen LogP contribution < -0.4 is 37.3 Å². The molecular weight excluding hydrogens is 548 g/mol. The van der Waals surface area contributed by atoms with Crippen molar-refractivity contribution in [1.29, 1.82) is 5.41 Å². The fourth-order valence-electron chi connectivity index (χ4n) is 6.45. The highest BCUT2D eigenvalue weighted by Gasteiger charge is 2.28. The van der Waals surface area contributed by atoms with E-state index < -0.39 is 6.04 Å². The van der Waals surface area contributed by atoms with Gasteiger partial charge in [0, 0.05) is 30.7 Å². The molecule has 0 aliphatic heterocycles. The number of ether oxygens (including phenoxy) is 1. The molecule has 3 aromatic rings. The van der Waals surface area contributed by atoms with Crippen LogP contribution in [0.3, 0.4) is 0 Å². The van der Waals surface area contributed by atoms with Crippen molar-refractivity contribution in [3.05, 3.63) is 76.2 Å². The zero-order valence-corrected chi connectivity index (χ0v) is 26.2. The highest BCUT2D eigenvalue weighted by atomic mass is 16.5. The van der Waals surface area contributed by atoms with E-state index >= 15 is 0 Å². The van der Waals surface area contributed by atoms with Crippen molar-refractivity contribution < 1.29 is 9.53 Å². The highest BCUT2D eigenvalue weighted by molar-refractivity contribution is 5.95. The van der Waals surface area contributed by atoms with Crippen LogP contribution in [-0.2, 0) is 11.3 Å². The number of nitrogens with one attached hydrogen (secondary N) is 3. The molecule has 1 fully saturated rings. The number of benzene rings is 3. The lowest BCUT2D eigenvalue weighted by molar-refractivity contribution is -0.122. The lowest BCUT2D eigenvalue weighted by atomic mass is 9.91. The molecule has 8 heteroatoms. The van der Waals surface area contributed by atoms with Gasteiger partial charge in [-0.3, -0.25) is 15.5 Å². The minimum absolute atomic E-state index is 0.0117. The second kappa shape index (κ2) is 14.8. The molecule has 0 spiro atoms. The second-order valence-electron chi connectivity index (χ2n) is 12.6. The van der Waals surface area contributed by atoms with Crippen molar-refractivity contribution in [2.75, 3.05) is 27.2 Å². The van der Waals surface area contributed by atoms with E-state index in [-0.39, 0.29) is 23.8 Å². The lowest BCUT2D eigenvalue weighted by Crippen LogP contribution is -2.51. The summed E-state index contributed by atoms with van der Waals surface area (Å²) in [6.07, 6.45) is 9.54. The fourth-order valence-corrected chi connectivity index (χ4v) is 6.45. The number of nitrogens with two attached hydrogens (primary N) is 2. The van der Waals surface area contributed by atoms with Gasteiger partial charge in [0.05, 0.1) is 6.61 Å². The van der Waals surface area contributed by atoms with Crippen LogP contribution in [0.2, 0.25) is 0 Å². The average Bonchev–Trinajstić information content (AvgIpc) is 3.22. The molecule has 0 bridgehead atoms. The molecule has 2 aliphatic rings. The number of rotatable bonds is 12. The van der Waals surface area contributed by atoms with Gasteiger partial charge in [0.15, 0.2) is 0 Å². The van der Waals surface area contributed by atoms with Crippen molar-refractivity contribution in [1.82, 2.24) is 15.5 Å². The van der Waals surface area contributed by atoms with Gasteiger partial charge in [-0.05, 0) is 116 Å². The Morgan fingerprint density at radius 3 is 2.68 bits per heavy atom. The first-order valence-electron chi connectivity index (χ1n) is 16.0. The highest BCUT2D eigenvalue weighted by Crippen LogP contribution is 2.25. The summed E-state index contributed by atoms with van der Waals surface area (Å²) in [5.41, 5.74) is 14.9. The van der Waals surface area contributed by atoms with Crippen LogP contribution in [0.4, 0.5) is 0 Å². The molecule has 1 amide bonds. The number of nitrogen functional groups attached to an aromatic ring is 1. The molecular formula is C36H48N6O2. The Bertz CT molecular complexity index is 1590. The van der Waals surface area contributed by atoms with Crippen LogP contribution in [0.15, 0.2) is 54.6 Å². The number of hydrogen-bond donors (Lipinski definition) is 5. The Balaban J connectivity index is 1.42. The van der Waals surface area contributed by atoms with Crippen LogP contribution in [0.25, 0.3) is 22.4 Å². The van der Waals surface area contributed by atoms with Gasteiger partial charge < -0.3 is 26.4 Å². The minimum Gasteiger partial charge on any atom is -0.494 e. The van der Waals surface area contributed by atoms with E-state index in [9.17, 15) is 4.79 Å². The van der Waals surface area contributed by atoms with Gasteiger partial charge in [0.1, 0.15) is 17.6 Å². The molecule has 1 atom stereocenters. The minimum atomic E-state index is -0.492. The molecule has 1 unspecified atom stereocenters. The molecule has 44 heavy (non-hydrogen) atoms. The van der Waals surface area contributed by atoms with Crippen molar-refractivity contribution in [3.63, 3.8) is 0 Å². The Labute approximate surface area is 261 Å². The van der Waals surface area contributed by atoms with Gasteiger partial charge in [-0.1, -0.05) is 42.5 Å². The molecule has 3 aromatic carbocycles. The Morgan fingerprint density at radius 2 is 1.91 bits per heavy atom. The topological polar surface area (TPSA) is 129 Å². The van der Waals surface area contributed by atoms with Gasteiger partial charge >= 0.3 is 0 Å². The molecule has 8 nitrogen and oxygen atoms in total. The van der Waals surface area contributed by atoms with Crippen LogP contribution in [0.1, 0.15) is 62.5 Å². The van der Waals surface area contributed by atoms with E-state index in [2.05, 4.69) is 66.0 Å². The molecule has 0 saturated heterocycles. The molecule has 5 rings (SSSR count). The van der Waals surface area contributed by atoms with E-state index in [0.717, 1.165) is 96.0 Å². The summed E-state index contributed by atoms with van der Waals surface area (Å²) in [6, 6.07) is 18.3. The summed E-state index contributed by atoms with van der Waals surface area (Å²) in [4.78, 5) is 16.2. The summed E-state index contributed by atoms with van der Waals surface area (Å²) in [5, 5.41) is 19.3. The zero-order valence-electron chi connectivity index (χ0n) is 26.2. The molecule has 0 heterocycles. The van der Waals surface area contributed by atoms with Crippen LogP contribution >= 0.6 is 0 Å². The van der Waals surface area contributed by atoms with Gasteiger partial charge in [-0.2, -0.15) is 0 Å². The maximum Gasteiger partial charge on any atom is 0.241 e. The first kappa shape index (κ1) is 31.7. The number of amides is 1. The van der Waals surface area contributed by atoms with Crippen molar-refractivity contribution in [3.8, 4) is 5.75 Å². The predicted molar refractivity (Wildman–Crippen MR) is 180 cm³/mol. The zero-order chi connectivity index (χ0) is 31.1. The Kier molecular flexibility index (Phi) is 10.7. The summed E-state index contributed by atoms with van der Waals surface area (Å²) < 4.78 is 6.03. The van der Waals surface area contributed by atoms with Crippen LogP contribution in [0.5, 0.6) is 5.75 Å². The van der Waals surface area contributed by atoms with Crippen molar-refractivity contribution in [2.45, 2.75) is 76.0 Å². The third-order valence-electron chi connectivity index (χ3n) is 8.91. The molecule has 234 valence electrons. The van der Waals surface area contributed by atoms with E-state index in [1.165, 1.54) is 0 Å². The standard InChI is InChI=1S/C36H48N6O2/c1-42(2)19-6-20-44-30-16-18-31-25(22-30)8-5-9-27(31)23-40-34(36(43)41-29-14-12-28(37)13-15-29)33-10-4-3-7-24-21-26(35(38)39)11-17-32(24)33/h5,7-9,11,16-18,21-22,28-29,34,40H,3-4,6,10,12-15,19-20,23,37H2,1-2H3,(H3,38,39)(H,41,43). The third kappa shape index (κ3) is 8.05. The van der Waals surface area contributed by atoms with Gasteiger partial charge in [0.2, 0.25) is 5.91 Å². The van der Waals surface area contributed by atoms with Crippen LogP contribution in [-0.4, -0.2) is 62.0 Å². The second-order valence-corrected chi connectivity index (χ2v) is 12.6. The lowest BCUT2D eigenvalue weighted by Gasteiger charge is -2.29. The summed E-state index contributed by atoms with van der Waals surface area (Å²) in [6.45, 7) is 2.22. The van der Waals surface area contributed by atoms with E-state index in [4.69, 9.17) is 21.6 Å². The number of hydrogen-bond acceptors (Lipinski definition) is 6. The van der Waals surface area contributed by atoms with Gasteiger partial charge in [-0.15, -0.1) is 0 Å². The molecule has 0 aromatic heterocycles. The Morgan fingerprint density at radius 1 is 1.09 bits per heavy atom. The maximum absolute atomic E-state index is 14.1.